The van der Waals surface area contributed by atoms with Crippen LogP contribution in [0, 0.1) is 15.9 Å². The molecule has 7 heteroatoms. The van der Waals surface area contributed by atoms with Crippen LogP contribution in [0.2, 0.25) is 0 Å². The van der Waals surface area contributed by atoms with Crippen LogP contribution < -0.4 is 4.90 Å². The lowest BCUT2D eigenvalue weighted by atomic mass is 9.94. The normalized spacial score (nSPS) is 16.7. The molecule has 0 aromatic heterocycles. The van der Waals surface area contributed by atoms with Crippen molar-refractivity contribution in [2.24, 2.45) is 0 Å². The molecule has 0 fully saturated rings. The first kappa shape index (κ1) is 15.8. The number of anilines is 1. The first-order valence-electron chi connectivity index (χ1n) is 7.29. The molecule has 2 aromatic carbocycles. The molecule has 0 bridgehead atoms. The number of nitrogens with zero attached hydrogens (tertiary/aromatic N) is 2. The van der Waals surface area contributed by atoms with Crippen LogP contribution in [0.4, 0.5) is 15.8 Å². The summed E-state index contributed by atoms with van der Waals surface area (Å²) < 4.78 is 13.4. The van der Waals surface area contributed by atoms with Gasteiger partial charge in [0.2, 0.25) is 0 Å². The van der Waals surface area contributed by atoms with E-state index in [2.05, 4.69) is 0 Å². The van der Waals surface area contributed by atoms with Gasteiger partial charge >= 0.3 is 0 Å². The lowest BCUT2D eigenvalue weighted by molar-refractivity contribution is -0.384. The number of halogens is 1. The molecule has 1 amide bonds. The van der Waals surface area contributed by atoms with E-state index in [0.717, 1.165) is 6.07 Å². The minimum absolute atomic E-state index is 0.0924. The van der Waals surface area contributed by atoms with Crippen molar-refractivity contribution in [3.8, 4) is 0 Å². The first-order chi connectivity index (χ1) is 11.4. The van der Waals surface area contributed by atoms with Gasteiger partial charge in [0.15, 0.2) is 5.78 Å². The number of hydrogen-bond acceptors (Lipinski definition) is 4. The van der Waals surface area contributed by atoms with E-state index < -0.39 is 22.7 Å². The largest absolute Gasteiger partial charge is 0.304 e. The van der Waals surface area contributed by atoms with E-state index in [4.69, 9.17) is 0 Å². The maximum absolute atomic E-state index is 13.4. The second-order valence-corrected chi connectivity index (χ2v) is 5.62. The molecule has 1 aliphatic rings. The van der Waals surface area contributed by atoms with Gasteiger partial charge in [-0.3, -0.25) is 19.7 Å². The van der Waals surface area contributed by atoms with Crippen molar-refractivity contribution in [1.29, 1.82) is 0 Å². The van der Waals surface area contributed by atoms with E-state index in [-0.39, 0.29) is 29.0 Å². The first-order valence-corrected chi connectivity index (χ1v) is 7.29. The maximum Gasteiger partial charge on any atom is 0.269 e. The average molecular weight is 328 g/mol. The molecule has 1 unspecified atom stereocenters. The fraction of sp³-hybridized carbons (Fsp3) is 0.176. The Morgan fingerprint density at radius 3 is 2.54 bits per heavy atom. The molecular weight excluding hydrogens is 315 g/mol. The number of hydrogen-bond donors (Lipinski definition) is 0. The van der Waals surface area contributed by atoms with Crippen LogP contribution in [0.1, 0.15) is 34.1 Å². The van der Waals surface area contributed by atoms with Crippen molar-refractivity contribution in [1.82, 2.24) is 0 Å². The molecule has 24 heavy (non-hydrogen) atoms. The zero-order chi connectivity index (χ0) is 17.4. The summed E-state index contributed by atoms with van der Waals surface area (Å²) in [6, 6.07) is 8.57. The number of Topliss-reactive ketones (excluding diaryl/α,β-unsaturated/α-hetero) is 1. The van der Waals surface area contributed by atoms with Gasteiger partial charge in [-0.15, -0.1) is 0 Å². The number of nitro groups is 1. The summed E-state index contributed by atoms with van der Waals surface area (Å²) in [5, 5.41) is 10.7. The van der Waals surface area contributed by atoms with Crippen LogP contribution in [0.25, 0.3) is 0 Å². The lowest BCUT2D eigenvalue weighted by Crippen LogP contribution is -2.44. The van der Waals surface area contributed by atoms with Gasteiger partial charge in [-0.25, -0.2) is 4.39 Å². The number of carbonyl (C=O) groups excluding carboxylic acids is 2. The second kappa shape index (κ2) is 5.84. The van der Waals surface area contributed by atoms with E-state index >= 15 is 0 Å². The van der Waals surface area contributed by atoms with E-state index in [0.29, 0.717) is 5.69 Å². The predicted octanol–water partition coefficient (Wildman–Crippen LogP) is 3.36. The highest BCUT2D eigenvalue weighted by Gasteiger charge is 2.33. The Bertz CT molecular complexity index is 848. The van der Waals surface area contributed by atoms with Crippen molar-refractivity contribution >= 4 is 23.1 Å². The molecule has 3 rings (SSSR count). The number of amides is 1. The number of carbonyl (C=O) groups is 2. The standard InChI is InChI=1S/C17H13FN2O4/c1-10-8-16(21)14-9-12(18)4-7-15(14)19(10)17(22)11-2-5-13(6-3-11)20(23)24/h2-7,9-10H,8H2,1H3. The van der Waals surface area contributed by atoms with Gasteiger partial charge in [0.25, 0.3) is 11.6 Å². The minimum atomic E-state index is -0.547. The van der Waals surface area contributed by atoms with Crippen LogP contribution >= 0.6 is 0 Å². The summed E-state index contributed by atoms with van der Waals surface area (Å²) in [6.45, 7) is 1.73. The topological polar surface area (TPSA) is 80.5 Å². The summed E-state index contributed by atoms with van der Waals surface area (Å²) in [5.41, 5.74) is 0.667. The SMILES string of the molecule is CC1CC(=O)c2cc(F)ccc2N1C(=O)c1ccc([N+](=O)[O-])cc1. The van der Waals surface area contributed by atoms with Gasteiger partial charge < -0.3 is 4.90 Å². The second-order valence-electron chi connectivity index (χ2n) is 5.62. The summed E-state index contributed by atoms with van der Waals surface area (Å²) in [7, 11) is 0. The van der Waals surface area contributed by atoms with E-state index in [9.17, 15) is 24.1 Å². The third-order valence-electron chi connectivity index (χ3n) is 3.98. The van der Waals surface area contributed by atoms with Gasteiger partial charge in [-0.05, 0) is 37.3 Å². The van der Waals surface area contributed by atoms with Gasteiger partial charge in [0.1, 0.15) is 5.82 Å². The molecule has 1 heterocycles. The number of nitro benzene ring substituents is 1. The molecule has 0 saturated heterocycles. The summed E-state index contributed by atoms with van der Waals surface area (Å²) in [5.74, 6) is -1.15. The van der Waals surface area contributed by atoms with Gasteiger partial charge in [0, 0.05) is 35.7 Å². The summed E-state index contributed by atoms with van der Waals surface area (Å²) in [6.07, 6.45) is 0.0924. The number of ketones is 1. The highest BCUT2D eigenvalue weighted by atomic mass is 19.1. The molecule has 0 saturated carbocycles. The maximum atomic E-state index is 13.4. The Balaban J connectivity index is 2.01. The lowest BCUT2D eigenvalue weighted by Gasteiger charge is -2.34. The summed E-state index contributed by atoms with van der Waals surface area (Å²) >= 11 is 0. The zero-order valence-corrected chi connectivity index (χ0v) is 12.7. The Morgan fingerprint density at radius 1 is 1.25 bits per heavy atom. The van der Waals surface area contributed by atoms with E-state index in [1.54, 1.807) is 6.92 Å². The highest BCUT2D eigenvalue weighted by molar-refractivity contribution is 6.13. The molecule has 0 N–H and O–H groups in total. The van der Waals surface area contributed by atoms with Crippen LogP contribution in [0.5, 0.6) is 0 Å². The van der Waals surface area contributed by atoms with Crippen molar-refractivity contribution in [2.75, 3.05) is 4.90 Å². The molecule has 1 aliphatic heterocycles. The molecule has 0 spiro atoms. The molecular formula is C17H13FN2O4. The van der Waals surface area contributed by atoms with E-state index in [1.807, 2.05) is 0 Å². The molecule has 6 nitrogen and oxygen atoms in total. The van der Waals surface area contributed by atoms with E-state index in [1.165, 1.54) is 41.3 Å². The Labute approximate surface area is 136 Å². The molecule has 122 valence electrons. The van der Waals surface area contributed by atoms with Crippen molar-refractivity contribution in [2.45, 2.75) is 19.4 Å². The fourth-order valence-corrected chi connectivity index (χ4v) is 2.82. The third-order valence-corrected chi connectivity index (χ3v) is 3.98. The van der Waals surface area contributed by atoms with Crippen LogP contribution in [0.15, 0.2) is 42.5 Å². The van der Waals surface area contributed by atoms with Gasteiger partial charge in [-0.1, -0.05) is 0 Å². The Morgan fingerprint density at radius 2 is 1.92 bits per heavy atom. The van der Waals surface area contributed by atoms with Gasteiger partial charge in [0.05, 0.1) is 10.6 Å². The molecule has 1 atom stereocenters. The number of benzene rings is 2. The molecule has 0 radical (unpaired) electrons. The molecule has 0 aliphatic carbocycles. The fourth-order valence-electron chi connectivity index (χ4n) is 2.82. The monoisotopic (exact) mass is 328 g/mol. The Hall–Kier alpha value is -3.09. The minimum Gasteiger partial charge on any atom is -0.304 e. The van der Waals surface area contributed by atoms with Crippen molar-refractivity contribution < 1.29 is 18.9 Å². The number of non-ortho nitro benzene ring substituents is 1. The quantitative estimate of drug-likeness (QED) is 0.625. The highest BCUT2D eigenvalue weighted by Crippen LogP contribution is 2.32. The molecule has 2 aromatic rings. The van der Waals surface area contributed by atoms with Crippen LogP contribution in [0.3, 0.4) is 0 Å². The smallest absolute Gasteiger partial charge is 0.269 e. The third kappa shape index (κ3) is 2.64. The zero-order valence-electron chi connectivity index (χ0n) is 12.7. The predicted molar refractivity (Wildman–Crippen MR) is 84.7 cm³/mol. The average Bonchev–Trinajstić information content (AvgIpc) is 2.55. The van der Waals surface area contributed by atoms with Crippen molar-refractivity contribution in [3.05, 3.63) is 69.5 Å². The van der Waals surface area contributed by atoms with Gasteiger partial charge in [-0.2, -0.15) is 0 Å². The van der Waals surface area contributed by atoms with Crippen LogP contribution in [-0.2, 0) is 0 Å². The van der Waals surface area contributed by atoms with Crippen molar-refractivity contribution in [3.63, 3.8) is 0 Å². The van der Waals surface area contributed by atoms with Crippen LogP contribution in [-0.4, -0.2) is 22.7 Å². The number of rotatable bonds is 2. The Kier molecular flexibility index (Phi) is 3.84. The summed E-state index contributed by atoms with van der Waals surface area (Å²) in [4.78, 5) is 36.5. The number of fused-ring (bicyclic) bond motifs is 1.